The lowest BCUT2D eigenvalue weighted by Gasteiger charge is -2.29. The zero-order chi connectivity index (χ0) is 20.2. The van der Waals surface area contributed by atoms with Crippen LogP contribution in [0, 0.1) is 0 Å². The molecule has 2 heteroatoms. The first kappa shape index (κ1) is 17.5. The lowest BCUT2D eigenvalue weighted by molar-refractivity contribution is 1.19. The Kier molecular flexibility index (Phi) is 3.84. The van der Waals surface area contributed by atoms with Crippen LogP contribution in [-0.2, 0) is 6.42 Å². The zero-order valence-corrected chi connectivity index (χ0v) is 17.7. The van der Waals surface area contributed by atoms with Crippen molar-refractivity contribution in [3.63, 3.8) is 0 Å². The third-order valence-electron chi connectivity index (χ3n) is 6.21. The number of thiophene rings is 1. The monoisotopic (exact) mass is 403 g/mol. The molecule has 0 atom stereocenters. The van der Waals surface area contributed by atoms with Crippen LogP contribution in [0.25, 0.3) is 36.9 Å². The number of benzene rings is 4. The summed E-state index contributed by atoms with van der Waals surface area (Å²) in [7, 11) is 2.18. The van der Waals surface area contributed by atoms with E-state index in [1.165, 1.54) is 59.4 Å². The highest BCUT2D eigenvalue weighted by Crippen LogP contribution is 2.46. The molecule has 0 saturated heterocycles. The molecular weight excluding hydrogens is 382 g/mol. The molecule has 6 rings (SSSR count). The third-order valence-corrected chi connectivity index (χ3v) is 7.42. The molecule has 0 aliphatic heterocycles. The largest absolute Gasteiger partial charge is 0.343 e. The van der Waals surface area contributed by atoms with Crippen LogP contribution in [0.2, 0.25) is 0 Å². The molecule has 1 nitrogen and oxygen atoms in total. The summed E-state index contributed by atoms with van der Waals surface area (Å²) >= 11 is 1.87. The number of anilines is 2. The fourth-order valence-corrected chi connectivity index (χ4v) is 6.05. The van der Waals surface area contributed by atoms with Gasteiger partial charge in [-0.05, 0) is 46.9 Å². The van der Waals surface area contributed by atoms with Gasteiger partial charge in [-0.15, -0.1) is 11.3 Å². The third kappa shape index (κ3) is 2.47. The van der Waals surface area contributed by atoms with Crippen LogP contribution in [0.15, 0.2) is 91.5 Å². The Morgan fingerprint density at radius 1 is 0.733 bits per heavy atom. The van der Waals surface area contributed by atoms with E-state index in [1.807, 2.05) is 11.3 Å². The van der Waals surface area contributed by atoms with Gasteiger partial charge in [0.05, 0.1) is 10.4 Å². The SMILES string of the molecule is C=C1Cc2ccccc2-c2cccc(N(C)c3cccc4c3sc3ccccc34)c21. The highest BCUT2D eigenvalue weighted by Gasteiger charge is 2.23. The second-order valence-electron chi connectivity index (χ2n) is 7.95. The molecule has 0 fully saturated rings. The molecule has 30 heavy (non-hydrogen) atoms. The van der Waals surface area contributed by atoms with Crippen LogP contribution >= 0.6 is 11.3 Å². The summed E-state index contributed by atoms with van der Waals surface area (Å²) in [6, 6.07) is 30.7. The van der Waals surface area contributed by atoms with E-state index in [-0.39, 0.29) is 0 Å². The van der Waals surface area contributed by atoms with Crippen LogP contribution in [0.3, 0.4) is 0 Å². The first-order valence-corrected chi connectivity index (χ1v) is 11.1. The van der Waals surface area contributed by atoms with E-state index in [4.69, 9.17) is 0 Å². The lowest BCUT2D eigenvalue weighted by Crippen LogP contribution is -2.14. The molecule has 0 radical (unpaired) electrons. The zero-order valence-electron chi connectivity index (χ0n) is 16.9. The van der Waals surface area contributed by atoms with Crippen molar-refractivity contribution in [2.75, 3.05) is 11.9 Å². The number of hydrogen-bond donors (Lipinski definition) is 0. The lowest BCUT2D eigenvalue weighted by atomic mass is 9.82. The Balaban J connectivity index is 1.58. The van der Waals surface area contributed by atoms with Crippen molar-refractivity contribution in [3.8, 4) is 11.1 Å². The van der Waals surface area contributed by atoms with Crippen LogP contribution in [0.1, 0.15) is 11.1 Å². The smallest absolute Gasteiger partial charge is 0.0592 e. The molecule has 0 N–H and O–H groups in total. The molecule has 0 spiro atoms. The van der Waals surface area contributed by atoms with Crippen molar-refractivity contribution in [2.24, 2.45) is 0 Å². The van der Waals surface area contributed by atoms with Gasteiger partial charge < -0.3 is 4.90 Å². The van der Waals surface area contributed by atoms with Crippen LogP contribution in [0.4, 0.5) is 11.4 Å². The van der Waals surface area contributed by atoms with E-state index in [1.54, 1.807) is 0 Å². The van der Waals surface area contributed by atoms with E-state index >= 15 is 0 Å². The average Bonchev–Trinajstić information content (AvgIpc) is 3.17. The minimum Gasteiger partial charge on any atom is -0.343 e. The Morgan fingerprint density at radius 2 is 1.43 bits per heavy atom. The van der Waals surface area contributed by atoms with Crippen molar-refractivity contribution in [1.82, 2.24) is 0 Å². The predicted molar refractivity (Wildman–Crippen MR) is 132 cm³/mol. The van der Waals surface area contributed by atoms with Crippen molar-refractivity contribution in [2.45, 2.75) is 6.42 Å². The molecule has 5 aromatic rings. The fraction of sp³-hybridized carbons (Fsp3) is 0.0714. The molecule has 0 amide bonds. The molecule has 1 aliphatic rings. The summed E-state index contributed by atoms with van der Waals surface area (Å²) in [6.45, 7) is 4.46. The van der Waals surface area contributed by atoms with Gasteiger partial charge in [0.25, 0.3) is 0 Å². The standard InChI is InChI=1S/C28H21NS/c1-18-17-19-9-3-4-10-20(19)22-12-7-14-24(27(18)22)29(2)25-15-8-13-23-21-11-5-6-16-26(21)30-28(23)25/h3-16H,1,17H2,2H3. The van der Waals surface area contributed by atoms with Crippen molar-refractivity contribution < 1.29 is 0 Å². The summed E-state index contributed by atoms with van der Waals surface area (Å²) in [4.78, 5) is 2.34. The minimum atomic E-state index is 0.904. The quantitative estimate of drug-likeness (QED) is 0.288. The summed E-state index contributed by atoms with van der Waals surface area (Å²) < 4.78 is 2.67. The Labute approximate surface area is 180 Å². The van der Waals surface area contributed by atoms with Gasteiger partial charge in [0.2, 0.25) is 0 Å². The van der Waals surface area contributed by atoms with Gasteiger partial charge in [-0.1, -0.05) is 73.3 Å². The van der Waals surface area contributed by atoms with Gasteiger partial charge in [0.1, 0.15) is 0 Å². The molecule has 0 bridgehead atoms. The number of nitrogens with zero attached hydrogens (tertiary/aromatic N) is 1. The first-order chi connectivity index (χ1) is 14.7. The number of fused-ring (bicyclic) bond motifs is 6. The minimum absolute atomic E-state index is 0.904. The summed E-state index contributed by atoms with van der Waals surface area (Å²) in [6.07, 6.45) is 0.904. The molecule has 1 heterocycles. The molecule has 144 valence electrons. The number of hydrogen-bond acceptors (Lipinski definition) is 2. The predicted octanol–water partition coefficient (Wildman–Crippen LogP) is 8.06. The van der Waals surface area contributed by atoms with Gasteiger partial charge in [0.15, 0.2) is 0 Å². The maximum atomic E-state index is 4.46. The van der Waals surface area contributed by atoms with E-state index in [0.717, 1.165) is 6.42 Å². The second-order valence-corrected chi connectivity index (χ2v) is 9.00. The fourth-order valence-electron chi connectivity index (χ4n) is 4.80. The van der Waals surface area contributed by atoms with E-state index in [9.17, 15) is 0 Å². The first-order valence-electron chi connectivity index (χ1n) is 10.3. The Morgan fingerprint density at radius 3 is 2.37 bits per heavy atom. The topological polar surface area (TPSA) is 3.24 Å². The molecule has 0 saturated carbocycles. The van der Waals surface area contributed by atoms with Gasteiger partial charge in [-0.25, -0.2) is 0 Å². The highest BCUT2D eigenvalue weighted by molar-refractivity contribution is 7.26. The maximum Gasteiger partial charge on any atom is 0.0592 e. The molecule has 4 aromatic carbocycles. The normalized spacial score (nSPS) is 12.8. The maximum absolute atomic E-state index is 4.46. The summed E-state index contributed by atoms with van der Waals surface area (Å²) in [5.74, 6) is 0. The van der Waals surface area contributed by atoms with E-state index in [2.05, 4.69) is 103 Å². The van der Waals surface area contributed by atoms with Gasteiger partial charge in [-0.3, -0.25) is 0 Å². The van der Waals surface area contributed by atoms with Crippen LogP contribution in [-0.4, -0.2) is 7.05 Å². The van der Waals surface area contributed by atoms with Crippen LogP contribution < -0.4 is 4.90 Å². The van der Waals surface area contributed by atoms with Crippen LogP contribution in [0.5, 0.6) is 0 Å². The van der Waals surface area contributed by atoms with Crippen molar-refractivity contribution in [3.05, 3.63) is 103 Å². The Hall–Kier alpha value is -3.36. The second kappa shape index (κ2) is 6.58. The highest BCUT2D eigenvalue weighted by atomic mass is 32.1. The average molecular weight is 404 g/mol. The van der Waals surface area contributed by atoms with Gasteiger partial charge in [-0.2, -0.15) is 0 Å². The number of allylic oxidation sites excluding steroid dienone is 1. The van der Waals surface area contributed by atoms with Gasteiger partial charge in [0, 0.05) is 33.8 Å². The molecule has 1 aromatic heterocycles. The summed E-state index contributed by atoms with van der Waals surface area (Å²) in [5.41, 5.74) is 8.91. The Bertz CT molecular complexity index is 1460. The van der Waals surface area contributed by atoms with Crippen molar-refractivity contribution >= 4 is 48.5 Å². The molecular formula is C28H21NS. The summed E-state index contributed by atoms with van der Waals surface area (Å²) in [5, 5.41) is 2.66. The molecule has 0 unspecified atom stereocenters. The van der Waals surface area contributed by atoms with E-state index < -0.39 is 0 Å². The van der Waals surface area contributed by atoms with Crippen molar-refractivity contribution in [1.29, 1.82) is 0 Å². The van der Waals surface area contributed by atoms with Gasteiger partial charge >= 0.3 is 0 Å². The molecule has 1 aliphatic carbocycles. The number of rotatable bonds is 2. The van der Waals surface area contributed by atoms with E-state index in [0.29, 0.717) is 0 Å².